The van der Waals surface area contributed by atoms with Crippen molar-refractivity contribution >= 4 is 21.8 Å². The number of likely N-dealkylation sites (tertiary alicyclic amines) is 1. The number of benzene rings is 1. The lowest BCUT2D eigenvalue weighted by Crippen LogP contribution is -2.41. The van der Waals surface area contributed by atoms with Gasteiger partial charge in [0.2, 0.25) is 0 Å². The minimum Gasteiger partial charge on any atom is -0.480 e. The van der Waals surface area contributed by atoms with Gasteiger partial charge in [0.15, 0.2) is 6.10 Å². The van der Waals surface area contributed by atoms with Crippen molar-refractivity contribution in [2.45, 2.75) is 45.3 Å². The van der Waals surface area contributed by atoms with Gasteiger partial charge in [0.25, 0.3) is 5.91 Å². The fourth-order valence-corrected chi connectivity index (χ4v) is 3.08. The SMILES string of the molecule is CC(Oc1ccc(CN)cc1Br)C(=O)N1CCCCCC1. The van der Waals surface area contributed by atoms with E-state index in [0.717, 1.165) is 36.0 Å². The molecule has 1 heterocycles. The smallest absolute Gasteiger partial charge is 0.263 e. The highest BCUT2D eigenvalue weighted by Gasteiger charge is 2.23. The lowest BCUT2D eigenvalue weighted by molar-refractivity contribution is -0.137. The van der Waals surface area contributed by atoms with Crippen molar-refractivity contribution in [1.29, 1.82) is 0 Å². The van der Waals surface area contributed by atoms with Gasteiger partial charge in [-0.15, -0.1) is 0 Å². The van der Waals surface area contributed by atoms with Crippen molar-refractivity contribution in [2.24, 2.45) is 5.73 Å². The molecule has 1 atom stereocenters. The van der Waals surface area contributed by atoms with Crippen LogP contribution in [0.3, 0.4) is 0 Å². The third-order valence-corrected chi connectivity index (χ3v) is 4.42. The summed E-state index contributed by atoms with van der Waals surface area (Å²) in [6.45, 7) is 4.00. The lowest BCUT2D eigenvalue weighted by Gasteiger charge is -2.25. The Labute approximate surface area is 134 Å². The molecule has 0 aromatic heterocycles. The van der Waals surface area contributed by atoms with Gasteiger partial charge in [0.05, 0.1) is 4.47 Å². The maximum absolute atomic E-state index is 12.5. The van der Waals surface area contributed by atoms with E-state index < -0.39 is 6.10 Å². The first-order chi connectivity index (χ1) is 10.1. The number of rotatable bonds is 4. The van der Waals surface area contributed by atoms with Crippen LogP contribution in [-0.2, 0) is 11.3 Å². The van der Waals surface area contributed by atoms with Gasteiger partial charge < -0.3 is 15.4 Å². The monoisotopic (exact) mass is 354 g/mol. The molecule has 0 radical (unpaired) electrons. The second-order valence-electron chi connectivity index (χ2n) is 5.47. The van der Waals surface area contributed by atoms with Gasteiger partial charge in [-0.05, 0) is 53.4 Å². The predicted molar refractivity (Wildman–Crippen MR) is 87.2 cm³/mol. The van der Waals surface area contributed by atoms with E-state index in [0.29, 0.717) is 12.3 Å². The molecule has 1 aromatic rings. The molecule has 1 amide bonds. The van der Waals surface area contributed by atoms with E-state index in [9.17, 15) is 4.79 Å². The first kappa shape index (κ1) is 16.3. The summed E-state index contributed by atoms with van der Waals surface area (Å²) in [4.78, 5) is 14.4. The zero-order chi connectivity index (χ0) is 15.2. The number of amides is 1. The minimum absolute atomic E-state index is 0.0756. The van der Waals surface area contributed by atoms with Crippen molar-refractivity contribution in [1.82, 2.24) is 4.90 Å². The topological polar surface area (TPSA) is 55.6 Å². The van der Waals surface area contributed by atoms with E-state index >= 15 is 0 Å². The Kier molecular flexibility index (Phi) is 6.06. The quantitative estimate of drug-likeness (QED) is 0.903. The van der Waals surface area contributed by atoms with E-state index in [1.807, 2.05) is 30.0 Å². The first-order valence-electron chi connectivity index (χ1n) is 7.55. The molecule has 1 aliphatic rings. The molecule has 2 N–H and O–H groups in total. The lowest BCUT2D eigenvalue weighted by atomic mass is 10.2. The molecular formula is C16H23BrN2O2. The molecule has 1 aromatic carbocycles. The summed E-state index contributed by atoms with van der Waals surface area (Å²) in [5.41, 5.74) is 6.64. The molecule has 0 bridgehead atoms. The molecule has 1 fully saturated rings. The second-order valence-corrected chi connectivity index (χ2v) is 6.32. The van der Waals surface area contributed by atoms with Crippen LogP contribution < -0.4 is 10.5 Å². The molecular weight excluding hydrogens is 332 g/mol. The van der Waals surface area contributed by atoms with Crippen LogP contribution >= 0.6 is 15.9 Å². The number of nitrogens with zero attached hydrogens (tertiary/aromatic N) is 1. The highest BCUT2D eigenvalue weighted by Crippen LogP contribution is 2.27. The average molecular weight is 355 g/mol. The Morgan fingerprint density at radius 3 is 2.57 bits per heavy atom. The summed E-state index contributed by atoms with van der Waals surface area (Å²) in [5.74, 6) is 0.759. The van der Waals surface area contributed by atoms with E-state index in [1.54, 1.807) is 0 Å². The van der Waals surface area contributed by atoms with Gasteiger partial charge in [0.1, 0.15) is 5.75 Å². The Balaban J connectivity index is 1.99. The van der Waals surface area contributed by atoms with Crippen LogP contribution in [0.25, 0.3) is 0 Å². The Morgan fingerprint density at radius 2 is 2.00 bits per heavy atom. The number of ether oxygens (including phenoxy) is 1. The van der Waals surface area contributed by atoms with Crippen molar-refractivity contribution in [3.05, 3.63) is 28.2 Å². The van der Waals surface area contributed by atoms with Gasteiger partial charge >= 0.3 is 0 Å². The van der Waals surface area contributed by atoms with Gasteiger partial charge in [-0.3, -0.25) is 4.79 Å². The fraction of sp³-hybridized carbons (Fsp3) is 0.562. The Hall–Kier alpha value is -1.07. The van der Waals surface area contributed by atoms with Gasteiger partial charge in [-0.25, -0.2) is 0 Å². The van der Waals surface area contributed by atoms with Crippen LogP contribution in [0.15, 0.2) is 22.7 Å². The van der Waals surface area contributed by atoms with Gasteiger partial charge in [0, 0.05) is 19.6 Å². The van der Waals surface area contributed by atoms with Crippen LogP contribution in [0.1, 0.15) is 38.2 Å². The Morgan fingerprint density at radius 1 is 1.33 bits per heavy atom. The first-order valence-corrected chi connectivity index (χ1v) is 8.35. The zero-order valence-corrected chi connectivity index (χ0v) is 14.1. The van der Waals surface area contributed by atoms with Crippen LogP contribution in [0.4, 0.5) is 0 Å². The van der Waals surface area contributed by atoms with Crippen molar-refractivity contribution in [3.63, 3.8) is 0 Å². The summed E-state index contributed by atoms with van der Waals surface area (Å²) < 4.78 is 6.66. The van der Waals surface area contributed by atoms with Crippen molar-refractivity contribution in [3.8, 4) is 5.75 Å². The van der Waals surface area contributed by atoms with Crippen LogP contribution in [0.5, 0.6) is 5.75 Å². The van der Waals surface area contributed by atoms with E-state index in [1.165, 1.54) is 12.8 Å². The molecule has 1 unspecified atom stereocenters. The summed E-state index contributed by atoms with van der Waals surface area (Å²) in [7, 11) is 0. The molecule has 21 heavy (non-hydrogen) atoms. The second kappa shape index (κ2) is 7.80. The molecule has 5 heteroatoms. The highest BCUT2D eigenvalue weighted by molar-refractivity contribution is 9.10. The van der Waals surface area contributed by atoms with Crippen LogP contribution in [0.2, 0.25) is 0 Å². The fourth-order valence-electron chi connectivity index (χ4n) is 2.56. The zero-order valence-electron chi connectivity index (χ0n) is 12.5. The standard InChI is InChI=1S/C16H23BrN2O2/c1-12(16(20)19-8-4-2-3-5-9-19)21-15-7-6-13(11-18)10-14(15)17/h6-7,10,12H,2-5,8-9,11,18H2,1H3. The maximum atomic E-state index is 12.5. The number of halogens is 1. The highest BCUT2D eigenvalue weighted by atomic mass is 79.9. The molecule has 2 rings (SSSR count). The number of carbonyl (C=O) groups is 1. The molecule has 0 spiro atoms. The minimum atomic E-state index is -0.469. The Bertz CT molecular complexity index is 485. The third-order valence-electron chi connectivity index (χ3n) is 3.80. The summed E-state index contributed by atoms with van der Waals surface area (Å²) in [6, 6.07) is 5.71. The average Bonchev–Trinajstić information content (AvgIpc) is 2.77. The number of nitrogens with two attached hydrogens (primary N) is 1. The summed E-state index contributed by atoms with van der Waals surface area (Å²) in [6.07, 6.45) is 4.14. The maximum Gasteiger partial charge on any atom is 0.263 e. The number of hydrogen-bond acceptors (Lipinski definition) is 3. The normalized spacial score (nSPS) is 17.2. The molecule has 0 aliphatic carbocycles. The number of carbonyl (C=O) groups excluding carboxylic acids is 1. The number of hydrogen-bond donors (Lipinski definition) is 1. The van der Waals surface area contributed by atoms with Crippen molar-refractivity contribution < 1.29 is 9.53 Å². The van der Waals surface area contributed by atoms with Crippen LogP contribution in [-0.4, -0.2) is 30.0 Å². The molecule has 1 saturated heterocycles. The molecule has 1 aliphatic heterocycles. The van der Waals surface area contributed by atoms with E-state index in [4.69, 9.17) is 10.5 Å². The molecule has 0 saturated carbocycles. The van der Waals surface area contributed by atoms with Crippen LogP contribution in [0, 0.1) is 0 Å². The molecule has 116 valence electrons. The van der Waals surface area contributed by atoms with Gasteiger partial charge in [-0.1, -0.05) is 18.9 Å². The van der Waals surface area contributed by atoms with Crippen molar-refractivity contribution in [2.75, 3.05) is 13.1 Å². The van der Waals surface area contributed by atoms with E-state index in [-0.39, 0.29) is 5.91 Å². The summed E-state index contributed by atoms with van der Waals surface area (Å²) >= 11 is 3.47. The van der Waals surface area contributed by atoms with Gasteiger partial charge in [-0.2, -0.15) is 0 Å². The largest absolute Gasteiger partial charge is 0.480 e. The van der Waals surface area contributed by atoms with E-state index in [2.05, 4.69) is 15.9 Å². The predicted octanol–water partition coefficient (Wildman–Crippen LogP) is 3.08. The molecule has 4 nitrogen and oxygen atoms in total. The summed E-state index contributed by atoms with van der Waals surface area (Å²) in [5, 5.41) is 0. The third kappa shape index (κ3) is 4.45.